The lowest BCUT2D eigenvalue weighted by Crippen LogP contribution is -2.51. The Kier molecular flexibility index (Phi) is 10.1. The quantitative estimate of drug-likeness (QED) is 0.229. The summed E-state index contributed by atoms with van der Waals surface area (Å²) in [7, 11) is 9.45. The highest BCUT2D eigenvalue weighted by atomic mass is 32.2. The number of allylic oxidation sites excluding steroid dienone is 5. The van der Waals surface area contributed by atoms with Crippen LogP contribution in [0.15, 0.2) is 45.7 Å². The molecule has 160 valence electrons. The molecule has 2 aliphatic rings. The molecule has 0 aromatic rings. The lowest BCUT2D eigenvalue weighted by Gasteiger charge is -2.47. The zero-order valence-electron chi connectivity index (χ0n) is 18.3. The third kappa shape index (κ3) is 7.02. The van der Waals surface area contributed by atoms with Crippen molar-refractivity contribution in [3.05, 3.63) is 45.7 Å². The monoisotopic (exact) mass is 451 g/mol. The Balaban J connectivity index is 2.15. The lowest BCUT2D eigenvalue weighted by atomic mass is 9.59. The van der Waals surface area contributed by atoms with E-state index in [1.807, 2.05) is 6.92 Å². The normalized spacial score (nSPS) is 35.3. The largest absolute Gasteiger partial charge is 0.372 e. The smallest absolute Gasteiger partial charge is 0.104 e. The molecular formula is C22H35BNO2PS2. The number of thiol groups is 1. The van der Waals surface area contributed by atoms with Crippen molar-refractivity contribution in [2.75, 3.05) is 19.8 Å². The molecule has 29 heavy (non-hydrogen) atoms. The predicted octanol–water partition coefficient (Wildman–Crippen LogP) is 5.25. The van der Waals surface area contributed by atoms with Crippen LogP contribution >= 0.6 is 33.6 Å². The fourth-order valence-electron chi connectivity index (χ4n) is 3.61. The molecule has 0 aromatic heterocycles. The first kappa shape index (κ1) is 25.3. The van der Waals surface area contributed by atoms with Gasteiger partial charge in [-0.25, -0.2) is 0 Å². The number of ether oxygens (including phenoxy) is 2. The molecule has 6 atom stereocenters. The van der Waals surface area contributed by atoms with Crippen LogP contribution < -0.4 is 5.32 Å². The average Bonchev–Trinajstić information content (AvgIpc) is 3.07. The van der Waals surface area contributed by atoms with Crippen molar-refractivity contribution in [2.24, 2.45) is 5.92 Å². The summed E-state index contributed by atoms with van der Waals surface area (Å²) in [4.78, 5) is 1.29. The van der Waals surface area contributed by atoms with Crippen LogP contribution in [0.3, 0.4) is 0 Å². The van der Waals surface area contributed by atoms with Gasteiger partial charge in [-0.3, -0.25) is 5.32 Å². The van der Waals surface area contributed by atoms with E-state index in [0.29, 0.717) is 13.2 Å². The van der Waals surface area contributed by atoms with Crippen molar-refractivity contribution in [2.45, 2.75) is 63.3 Å². The van der Waals surface area contributed by atoms with E-state index in [0.717, 1.165) is 13.0 Å². The lowest BCUT2D eigenvalue weighted by molar-refractivity contribution is -0.128. The van der Waals surface area contributed by atoms with Gasteiger partial charge in [-0.1, -0.05) is 41.7 Å². The van der Waals surface area contributed by atoms with Crippen LogP contribution in [0.4, 0.5) is 0 Å². The maximum atomic E-state index is 6.75. The summed E-state index contributed by atoms with van der Waals surface area (Å²) in [6.45, 7) is 12.6. The molecule has 0 amide bonds. The molecule has 0 spiro atoms. The summed E-state index contributed by atoms with van der Waals surface area (Å²) in [5.41, 5.74) is 1.95. The van der Waals surface area contributed by atoms with Gasteiger partial charge in [0, 0.05) is 18.1 Å². The van der Waals surface area contributed by atoms with Gasteiger partial charge in [0.2, 0.25) is 0 Å². The van der Waals surface area contributed by atoms with Gasteiger partial charge in [0.05, 0.1) is 20.1 Å². The van der Waals surface area contributed by atoms with Crippen LogP contribution in [0, 0.1) is 5.92 Å². The van der Waals surface area contributed by atoms with Gasteiger partial charge in [0.15, 0.2) is 0 Å². The third-order valence-corrected chi connectivity index (χ3v) is 7.21. The summed E-state index contributed by atoms with van der Waals surface area (Å²) in [5.74, 6) is 0.0311. The number of nitrogens with one attached hydrogen (secondary N) is 1. The summed E-state index contributed by atoms with van der Waals surface area (Å²) >= 11 is 6.23. The first-order chi connectivity index (χ1) is 13.7. The summed E-state index contributed by atoms with van der Waals surface area (Å²) in [6.07, 6.45) is 9.40. The van der Waals surface area contributed by atoms with E-state index in [-0.39, 0.29) is 22.5 Å². The van der Waals surface area contributed by atoms with Gasteiger partial charge < -0.3 is 9.47 Å². The fraction of sp³-hybridized carbons (Fsp3) is 0.636. The van der Waals surface area contributed by atoms with Gasteiger partial charge in [-0.2, -0.15) is 0 Å². The molecule has 1 saturated heterocycles. The average molecular weight is 451 g/mol. The topological polar surface area (TPSA) is 30.5 Å². The fourth-order valence-corrected chi connectivity index (χ4v) is 5.03. The first-order valence-corrected chi connectivity index (χ1v) is 12.3. The molecule has 1 aliphatic carbocycles. The van der Waals surface area contributed by atoms with Crippen LogP contribution in [0.5, 0.6) is 0 Å². The minimum Gasteiger partial charge on any atom is -0.372 e. The molecule has 5 unspecified atom stereocenters. The first-order valence-electron chi connectivity index (χ1n) is 10.3. The van der Waals surface area contributed by atoms with Crippen molar-refractivity contribution in [3.63, 3.8) is 0 Å². The molecule has 0 saturated carbocycles. The van der Waals surface area contributed by atoms with Gasteiger partial charge in [-0.15, -0.1) is 21.9 Å². The summed E-state index contributed by atoms with van der Waals surface area (Å²) in [6, 6.07) is 0. The Bertz CT molecular complexity index is 690. The van der Waals surface area contributed by atoms with Crippen LogP contribution in [-0.4, -0.2) is 44.0 Å². The van der Waals surface area contributed by atoms with E-state index in [4.69, 9.17) is 17.3 Å². The van der Waals surface area contributed by atoms with Crippen LogP contribution in [0.1, 0.15) is 41.0 Å². The number of thioether (sulfide) groups is 1. The zero-order chi connectivity index (χ0) is 21.6. The highest BCUT2D eigenvalue weighted by molar-refractivity contribution is 8.13. The van der Waals surface area contributed by atoms with Crippen molar-refractivity contribution >= 4 is 41.5 Å². The van der Waals surface area contributed by atoms with Gasteiger partial charge in [0.1, 0.15) is 10.8 Å². The van der Waals surface area contributed by atoms with E-state index >= 15 is 0 Å². The molecule has 2 radical (unpaired) electrons. The molecule has 1 aliphatic heterocycles. The minimum atomic E-state index is -0.558. The van der Waals surface area contributed by atoms with Crippen LogP contribution in [0.2, 0.25) is 5.82 Å². The third-order valence-electron chi connectivity index (χ3n) is 5.56. The second kappa shape index (κ2) is 11.6. The Morgan fingerprint density at radius 3 is 2.76 bits per heavy atom. The molecule has 1 fully saturated rings. The van der Waals surface area contributed by atoms with Gasteiger partial charge >= 0.3 is 0 Å². The molecule has 2 rings (SSSR count). The number of rotatable bonds is 8. The van der Waals surface area contributed by atoms with Gasteiger partial charge in [-0.05, 0) is 63.6 Å². The van der Waals surface area contributed by atoms with Crippen LogP contribution in [0.25, 0.3) is 0 Å². The van der Waals surface area contributed by atoms with Crippen molar-refractivity contribution < 1.29 is 9.47 Å². The second-order valence-electron chi connectivity index (χ2n) is 8.02. The molecule has 1 heterocycles. The summed E-state index contributed by atoms with van der Waals surface area (Å²) in [5, 5.41) is 4.54. The van der Waals surface area contributed by atoms with Crippen molar-refractivity contribution in [3.8, 4) is 0 Å². The second-order valence-corrected chi connectivity index (χ2v) is 11.0. The maximum absolute atomic E-state index is 6.75. The highest BCUT2D eigenvalue weighted by Crippen LogP contribution is 2.45. The molecule has 3 nitrogen and oxygen atoms in total. The van der Waals surface area contributed by atoms with E-state index in [1.54, 1.807) is 11.8 Å². The minimum absolute atomic E-state index is 0.152. The van der Waals surface area contributed by atoms with E-state index in [1.165, 1.54) is 21.4 Å². The Hall–Kier alpha value is 0.0349. The standard InChI is InChI=1S/C22H35BNO2PS2/c1-6-25-19-12-17(11-18-13-24-21(28)29-18)16(4)20(23)22(19,5)26-10-9-14(2)7-8-15(3)27/h7-8,11-12,16,19-21,24,28H,6,9-10,13,27H2,1-5H3/b14-7+,15-8+,18-11+/t16-,19?,20?,21?,22?/m1/s1. The van der Waals surface area contributed by atoms with E-state index in [2.05, 4.69) is 79.2 Å². The van der Waals surface area contributed by atoms with Crippen molar-refractivity contribution in [1.29, 1.82) is 0 Å². The Morgan fingerprint density at radius 1 is 1.45 bits per heavy atom. The molecule has 7 heteroatoms. The zero-order valence-corrected chi connectivity index (χ0v) is 21.1. The SMILES string of the molecule is [B]C1[C@H](C)C(/C=C2\CNC(S)S2)=CC(OCC)C1(C)OCC/C(C)=C/C=C(\C)P. The highest BCUT2D eigenvalue weighted by Gasteiger charge is 2.46. The summed E-state index contributed by atoms with van der Waals surface area (Å²) < 4.78 is 12.7. The van der Waals surface area contributed by atoms with Gasteiger partial charge in [0.25, 0.3) is 0 Å². The predicted molar refractivity (Wildman–Crippen MR) is 135 cm³/mol. The molecular weight excluding hydrogens is 416 g/mol. The van der Waals surface area contributed by atoms with E-state index in [9.17, 15) is 0 Å². The maximum Gasteiger partial charge on any atom is 0.104 e. The number of hydrogen-bond acceptors (Lipinski definition) is 5. The van der Waals surface area contributed by atoms with E-state index < -0.39 is 5.60 Å². The Morgan fingerprint density at radius 2 is 2.17 bits per heavy atom. The Labute approximate surface area is 190 Å². The molecule has 0 bridgehead atoms. The molecule has 0 aromatic carbocycles. The van der Waals surface area contributed by atoms with Crippen molar-refractivity contribution in [1.82, 2.24) is 5.32 Å². The number of hydrogen-bond donors (Lipinski definition) is 2. The van der Waals surface area contributed by atoms with Crippen LogP contribution in [-0.2, 0) is 9.47 Å². The molecule has 1 N–H and O–H groups in total.